The van der Waals surface area contributed by atoms with Gasteiger partial charge in [-0.2, -0.15) is 10.5 Å². The fraction of sp³-hybridized carbons (Fsp3) is 0.708. The van der Waals surface area contributed by atoms with Crippen LogP contribution in [-0.4, -0.2) is 86.5 Å². The van der Waals surface area contributed by atoms with Crippen LogP contribution in [0.4, 0.5) is 9.59 Å². The van der Waals surface area contributed by atoms with Crippen LogP contribution in [0.3, 0.4) is 0 Å². The lowest BCUT2D eigenvalue weighted by Crippen LogP contribution is -2.43. The van der Waals surface area contributed by atoms with Gasteiger partial charge in [0.15, 0.2) is 0 Å². The third kappa shape index (κ3) is 26.9. The van der Waals surface area contributed by atoms with Crippen molar-refractivity contribution in [2.45, 2.75) is 103 Å². The van der Waals surface area contributed by atoms with Crippen LogP contribution in [0.15, 0.2) is 0 Å². The summed E-state index contributed by atoms with van der Waals surface area (Å²) in [5.74, 6) is -3.43. The van der Waals surface area contributed by atoms with E-state index in [-0.39, 0.29) is 38.7 Å². The van der Waals surface area contributed by atoms with Crippen LogP contribution in [0.1, 0.15) is 73.6 Å². The zero-order valence-electron chi connectivity index (χ0n) is 23.6. The predicted molar refractivity (Wildman–Crippen MR) is 139 cm³/mol. The molecule has 0 radical (unpaired) electrons. The fourth-order valence-corrected chi connectivity index (χ4v) is 2.10. The molecule has 228 valence electrons. The summed E-state index contributed by atoms with van der Waals surface area (Å²) in [7, 11) is 0. The number of aliphatic hydroxyl groups excluding tert-OH is 1. The highest BCUT2D eigenvalue weighted by molar-refractivity contribution is 5.80. The van der Waals surface area contributed by atoms with Crippen LogP contribution in [0.2, 0.25) is 0 Å². The molecule has 0 saturated carbocycles. The summed E-state index contributed by atoms with van der Waals surface area (Å²) in [5, 5.41) is 54.9. The Kier molecular flexibility index (Phi) is 20.9. The average molecular weight is 578 g/mol. The Morgan fingerprint density at radius 1 is 0.725 bits per heavy atom. The van der Waals surface area contributed by atoms with E-state index in [4.69, 9.17) is 46.2 Å². The number of aliphatic hydroxyl groups is 1. The molecule has 0 rings (SSSR count). The molecular formula is C24H41N5O11. The van der Waals surface area contributed by atoms with Crippen molar-refractivity contribution in [1.29, 1.82) is 10.5 Å². The molecule has 0 aromatic carbocycles. The number of carbonyl (C=O) groups excluding carboxylic acids is 2. The quantitative estimate of drug-likeness (QED) is 0.170. The minimum atomic E-state index is -1.20. The van der Waals surface area contributed by atoms with Crippen molar-refractivity contribution in [1.82, 2.24) is 10.6 Å². The van der Waals surface area contributed by atoms with Gasteiger partial charge in [-0.25, -0.2) is 19.2 Å². The van der Waals surface area contributed by atoms with Gasteiger partial charge in [-0.15, -0.1) is 0 Å². The molecule has 16 heteroatoms. The zero-order valence-corrected chi connectivity index (χ0v) is 23.6. The minimum absolute atomic E-state index is 0.0470. The second kappa shape index (κ2) is 20.8. The predicted octanol–water partition coefficient (Wildman–Crippen LogP) is 1.32. The Bertz CT molecular complexity index is 899. The summed E-state index contributed by atoms with van der Waals surface area (Å²) in [6.07, 6.45) is -1.09. The number of amides is 2. The monoisotopic (exact) mass is 577 g/mol. The average Bonchev–Trinajstić information content (AvgIpc) is 2.78. The molecule has 2 amide bonds. The molecule has 0 spiro atoms. The molecule has 0 unspecified atom stereocenters. The Morgan fingerprint density at radius 2 is 1.07 bits per heavy atom. The Hall–Kier alpha value is -4.15. The second-order valence-corrected chi connectivity index (χ2v) is 9.92. The van der Waals surface area contributed by atoms with Gasteiger partial charge in [-0.1, -0.05) is 0 Å². The van der Waals surface area contributed by atoms with Gasteiger partial charge in [0.05, 0.1) is 12.1 Å². The molecule has 40 heavy (non-hydrogen) atoms. The van der Waals surface area contributed by atoms with Gasteiger partial charge in [0.1, 0.15) is 29.3 Å². The first-order chi connectivity index (χ1) is 18.2. The summed E-state index contributed by atoms with van der Waals surface area (Å²) in [5.41, 5.74) is 3.70. The van der Waals surface area contributed by atoms with Crippen molar-refractivity contribution in [3.05, 3.63) is 0 Å². The molecule has 0 heterocycles. The molecule has 0 aromatic heterocycles. The van der Waals surface area contributed by atoms with Crippen molar-refractivity contribution >= 4 is 30.1 Å². The van der Waals surface area contributed by atoms with Crippen molar-refractivity contribution < 1.29 is 53.9 Å². The van der Waals surface area contributed by atoms with E-state index >= 15 is 0 Å². The van der Waals surface area contributed by atoms with Gasteiger partial charge >= 0.3 is 30.1 Å². The molecule has 0 bridgehead atoms. The molecule has 8 N–H and O–H groups in total. The summed E-state index contributed by atoms with van der Waals surface area (Å²) in [4.78, 5) is 53.7. The number of rotatable bonds is 11. The third-order valence-electron chi connectivity index (χ3n) is 3.83. The van der Waals surface area contributed by atoms with Crippen molar-refractivity contribution in [3.63, 3.8) is 0 Å². The van der Waals surface area contributed by atoms with E-state index in [9.17, 15) is 24.0 Å². The zero-order chi connectivity index (χ0) is 32.1. The van der Waals surface area contributed by atoms with Crippen LogP contribution in [0.5, 0.6) is 0 Å². The molecule has 16 nitrogen and oxygen atoms in total. The number of carboxylic acid groups (broad SMARTS) is 3. The van der Waals surface area contributed by atoms with Gasteiger partial charge in [0.25, 0.3) is 0 Å². The van der Waals surface area contributed by atoms with E-state index in [1.54, 1.807) is 41.5 Å². The first kappa shape index (κ1) is 40.3. The van der Waals surface area contributed by atoms with Gasteiger partial charge in [-0.3, -0.25) is 4.79 Å². The standard InChI is InChI=1S/C10H16N2O4.C9H17NO5.C5H8N2O2/c1-10(2,3)16-9(15)12-7(8(13)14)5-4-6-11;1-9(2,3)15-8(14)10-6(4-5-11)7(12)13;6-3-1-2-4(7)5(8)9/h7H,4-5H2,1-3H3,(H,12,15)(H,13,14);6,11H,4-5H2,1-3H3,(H,10,14)(H,12,13);4H,1-2,7H2,(H,8,9)/t7-;6-;4-/m000/s1/i6+1;;3+1. The van der Waals surface area contributed by atoms with Crippen LogP contribution >= 0.6 is 0 Å². The highest BCUT2D eigenvalue weighted by atomic mass is 16.6. The van der Waals surface area contributed by atoms with Gasteiger partial charge < -0.3 is 46.3 Å². The molecule has 0 fully saturated rings. The van der Waals surface area contributed by atoms with E-state index in [2.05, 4.69) is 10.6 Å². The third-order valence-corrected chi connectivity index (χ3v) is 3.83. The molecule has 3 atom stereocenters. The summed E-state index contributed by atoms with van der Waals surface area (Å²) < 4.78 is 9.77. The largest absolute Gasteiger partial charge is 0.480 e. The highest BCUT2D eigenvalue weighted by Crippen LogP contribution is 2.08. The molecule has 0 aliphatic carbocycles. The van der Waals surface area contributed by atoms with Crippen LogP contribution in [0, 0.1) is 22.7 Å². The van der Waals surface area contributed by atoms with E-state index in [0.29, 0.717) is 0 Å². The minimum Gasteiger partial charge on any atom is -0.480 e. The van der Waals surface area contributed by atoms with Gasteiger partial charge in [0, 0.05) is 25.9 Å². The van der Waals surface area contributed by atoms with E-state index in [0.717, 1.165) is 0 Å². The molecule has 0 saturated heterocycles. The topological polar surface area (TPSA) is 282 Å². The normalized spacial score (nSPS) is 12.6. The molecule has 0 aliphatic heterocycles. The van der Waals surface area contributed by atoms with E-state index in [1.165, 1.54) is 0 Å². The number of hydrogen-bond donors (Lipinski definition) is 7. The number of carboxylic acids is 3. The highest BCUT2D eigenvalue weighted by Gasteiger charge is 2.24. The van der Waals surface area contributed by atoms with E-state index < -0.39 is 59.4 Å². The second-order valence-electron chi connectivity index (χ2n) is 9.92. The first-order valence-electron chi connectivity index (χ1n) is 12.0. The summed E-state index contributed by atoms with van der Waals surface area (Å²) >= 11 is 0. The van der Waals surface area contributed by atoms with Crippen LogP contribution < -0.4 is 16.4 Å². The number of hydrogen-bond acceptors (Lipinski definition) is 11. The maximum atomic E-state index is 11.3. The maximum Gasteiger partial charge on any atom is 0.408 e. The smallest absolute Gasteiger partial charge is 0.408 e. The van der Waals surface area contributed by atoms with Crippen LogP contribution in [-0.2, 0) is 23.9 Å². The number of nitrogens with one attached hydrogen (secondary N) is 2. The summed E-state index contributed by atoms with van der Waals surface area (Å²) in [6, 6.07) is 0.536. The number of nitrogens with two attached hydrogens (primary N) is 1. The van der Waals surface area contributed by atoms with Gasteiger partial charge in [-0.05, 0) is 54.4 Å². The first-order valence-corrected chi connectivity index (χ1v) is 12.0. The molecule has 0 aromatic rings. The lowest BCUT2D eigenvalue weighted by Gasteiger charge is -2.21. The Labute approximate surface area is 233 Å². The lowest BCUT2D eigenvalue weighted by atomic mass is 10.2. The Balaban J connectivity index is -0.000000534. The number of nitrogens with zero attached hydrogens (tertiary/aromatic N) is 2. The van der Waals surface area contributed by atoms with Gasteiger partial charge in [0.2, 0.25) is 0 Å². The Morgan fingerprint density at radius 3 is 1.35 bits per heavy atom. The lowest BCUT2D eigenvalue weighted by molar-refractivity contribution is -0.140. The molecule has 0 aliphatic rings. The number of alkyl carbamates (subject to hydrolysis) is 2. The fourth-order valence-electron chi connectivity index (χ4n) is 2.10. The maximum absolute atomic E-state index is 11.3. The number of ether oxygens (including phenoxy) is 2. The molecular weight excluding hydrogens is 536 g/mol. The van der Waals surface area contributed by atoms with Crippen molar-refractivity contribution in [2.24, 2.45) is 5.73 Å². The van der Waals surface area contributed by atoms with E-state index in [1.807, 2.05) is 12.1 Å². The van der Waals surface area contributed by atoms with Crippen molar-refractivity contribution in [2.75, 3.05) is 6.61 Å². The number of aliphatic carboxylic acids is 3. The SMILES string of the molecule is CC(C)(C)OC(=O)N[C@@H](CCO)C(=O)O.CC(C)(C)OC(=O)N[C@@H](CC[13C]#N)C(=O)O.N#[13C]CC[C@H](N)C(=O)O. The van der Waals surface area contributed by atoms with Crippen LogP contribution in [0.25, 0.3) is 0 Å². The summed E-state index contributed by atoms with van der Waals surface area (Å²) in [6.45, 7) is 9.75. The number of nitriles is 2. The number of carbonyl (C=O) groups is 5. The van der Waals surface area contributed by atoms with Crippen molar-refractivity contribution in [3.8, 4) is 12.1 Å².